The number of pyridine rings is 1. The second kappa shape index (κ2) is 7.21. The first-order valence-electron chi connectivity index (χ1n) is 9.19. The van der Waals surface area contributed by atoms with Gasteiger partial charge in [-0.2, -0.15) is 13.2 Å². The number of halogens is 5. The van der Waals surface area contributed by atoms with Gasteiger partial charge in [0.05, 0.1) is 10.9 Å². The molecule has 1 radical (unpaired) electrons. The molecule has 1 aromatic heterocycles. The van der Waals surface area contributed by atoms with Crippen LogP contribution in [0.1, 0.15) is 18.1 Å². The van der Waals surface area contributed by atoms with Gasteiger partial charge in [-0.15, -0.1) is 29.3 Å². The van der Waals surface area contributed by atoms with Crippen molar-refractivity contribution in [2.75, 3.05) is 0 Å². The molecular weight excluding hydrogens is 589 g/mol. The van der Waals surface area contributed by atoms with Crippen molar-refractivity contribution in [1.82, 2.24) is 4.98 Å². The maximum absolute atomic E-state index is 14.6. The summed E-state index contributed by atoms with van der Waals surface area (Å²) >= 11 is 0. The predicted molar refractivity (Wildman–Crippen MR) is 104 cm³/mol. The Balaban J connectivity index is 0.00000231. The summed E-state index contributed by atoms with van der Waals surface area (Å²) in [4.78, 5) is 4.52. The molecule has 0 N–H and O–H groups in total. The first kappa shape index (κ1) is 21.6. The van der Waals surface area contributed by atoms with E-state index in [0.29, 0.717) is 22.8 Å². The third-order valence-corrected chi connectivity index (χ3v) is 5.78. The minimum Gasteiger partial charge on any atom is -0.296 e. The van der Waals surface area contributed by atoms with Crippen molar-refractivity contribution in [3.05, 3.63) is 89.5 Å². The Kier molecular flexibility index (Phi) is 5.02. The Morgan fingerprint density at radius 2 is 1.68 bits per heavy atom. The molecule has 0 aliphatic heterocycles. The fourth-order valence-electron chi connectivity index (χ4n) is 4.22. The third-order valence-electron chi connectivity index (χ3n) is 5.78. The summed E-state index contributed by atoms with van der Waals surface area (Å²) in [6.07, 6.45) is -4.79. The van der Waals surface area contributed by atoms with E-state index in [9.17, 15) is 22.0 Å². The van der Waals surface area contributed by atoms with Crippen LogP contribution in [0.5, 0.6) is 0 Å². The normalized spacial score (nSPS) is 17.2. The van der Waals surface area contributed by atoms with Crippen LogP contribution in [0.25, 0.3) is 33.3 Å². The van der Waals surface area contributed by atoms with E-state index in [0.717, 1.165) is 18.4 Å². The van der Waals surface area contributed by atoms with Gasteiger partial charge < -0.3 is 0 Å². The van der Waals surface area contributed by atoms with Gasteiger partial charge in [0, 0.05) is 31.7 Å². The van der Waals surface area contributed by atoms with Crippen molar-refractivity contribution in [2.45, 2.75) is 18.5 Å². The summed E-state index contributed by atoms with van der Waals surface area (Å²) in [6, 6.07) is 18.0. The van der Waals surface area contributed by atoms with Gasteiger partial charge in [0.2, 0.25) is 0 Å². The molecule has 0 bridgehead atoms. The van der Waals surface area contributed by atoms with Gasteiger partial charge in [-0.3, -0.25) is 4.98 Å². The molecule has 3 aromatic carbocycles. The summed E-state index contributed by atoms with van der Waals surface area (Å²) < 4.78 is 71.1. The molecule has 5 rings (SSSR count). The second-order valence-corrected chi connectivity index (χ2v) is 7.50. The zero-order valence-corrected chi connectivity index (χ0v) is 18.3. The summed E-state index contributed by atoms with van der Waals surface area (Å²) in [5, 5.41) is 0.896. The molecule has 1 atom stereocenters. The minimum absolute atomic E-state index is 0. The van der Waals surface area contributed by atoms with Crippen molar-refractivity contribution in [3.8, 4) is 22.4 Å². The number of alkyl halides is 3. The van der Waals surface area contributed by atoms with E-state index in [2.05, 4.69) is 11.1 Å². The van der Waals surface area contributed by atoms with Gasteiger partial charge in [0.25, 0.3) is 0 Å². The summed E-state index contributed by atoms with van der Waals surface area (Å²) in [6.45, 7) is 0.927. The van der Waals surface area contributed by atoms with Crippen molar-refractivity contribution in [3.63, 3.8) is 0 Å². The van der Waals surface area contributed by atoms with E-state index in [-0.39, 0.29) is 36.8 Å². The number of hydrogen-bond acceptors (Lipinski definition) is 1. The SMILES string of the molecule is CC1(C(F)(F)F)c2cc(-c3ccc4ccccc4n3)[c-]cc2-c2cc(F)cc(F)c21.[Ir]. The van der Waals surface area contributed by atoms with Crippen molar-refractivity contribution in [2.24, 2.45) is 0 Å². The van der Waals surface area contributed by atoms with Crippen LogP contribution in [-0.2, 0) is 25.5 Å². The summed E-state index contributed by atoms with van der Waals surface area (Å²) in [7, 11) is 0. The molecule has 1 aliphatic carbocycles. The van der Waals surface area contributed by atoms with Crippen LogP contribution in [0.3, 0.4) is 0 Å². The van der Waals surface area contributed by atoms with E-state index in [1.165, 1.54) is 12.1 Å². The van der Waals surface area contributed by atoms with Crippen LogP contribution in [0.2, 0.25) is 0 Å². The first-order valence-corrected chi connectivity index (χ1v) is 9.19. The quantitative estimate of drug-likeness (QED) is 0.172. The molecule has 0 saturated heterocycles. The molecule has 0 amide bonds. The molecule has 1 heterocycles. The molecule has 159 valence electrons. The summed E-state index contributed by atoms with van der Waals surface area (Å²) in [5.41, 5.74) is -1.81. The Bertz CT molecular complexity index is 1330. The average Bonchev–Trinajstić information content (AvgIpc) is 2.97. The van der Waals surface area contributed by atoms with Gasteiger partial charge in [-0.05, 0) is 35.7 Å². The van der Waals surface area contributed by atoms with E-state index in [1.54, 1.807) is 12.1 Å². The Morgan fingerprint density at radius 1 is 0.935 bits per heavy atom. The van der Waals surface area contributed by atoms with E-state index in [1.807, 2.05) is 24.3 Å². The number of aromatic nitrogens is 1. The molecule has 0 saturated carbocycles. The van der Waals surface area contributed by atoms with Crippen molar-refractivity contribution >= 4 is 10.9 Å². The Hall–Kier alpha value is -2.63. The molecule has 31 heavy (non-hydrogen) atoms. The van der Waals surface area contributed by atoms with Gasteiger partial charge in [0.1, 0.15) is 11.6 Å². The van der Waals surface area contributed by atoms with E-state index >= 15 is 0 Å². The number of para-hydroxylation sites is 1. The van der Waals surface area contributed by atoms with Crippen molar-refractivity contribution in [1.29, 1.82) is 0 Å². The van der Waals surface area contributed by atoms with Crippen molar-refractivity contribution < 1.29 is 42.1 Å². The van der Waals surface area contributed by atoms with E-state index < -0.39 is 28.8 Å². The standard InChI is InChI=1S/C24H13F5N.Ir/c1-23(24(27,28)29)18-10-14(21-9-7-13-4-2-3-5-20(13)30-21)6-8-16(18)17-11-15(25)12-19(26)22(17)23;/h2-5,7-12H,1H3;/q-1;. The first-order chi connectivity index (χ1) is 14.2. The van der Waals surface area contributed by atoms with Gasteiger partial charge in [-0.1, -0.05) is 35.9 Å². The maximum atomic E-state index is 14.6. The van der Waals surface area contributed by atoms with Gasteiger partial charge in [-0.25, -0.2) is 8.78 Å². The minimum atomic E-state index is -4.79. The topological polar surface area (TPSA) is 12.9 Å². The smallest absolute Gasteiger partial charge is 0.296 e. The molecular formula is C24H13F5IrN-. The molecule has 1 nitrogen and oxygen atoms in total. The van der Waals surface area contributed by atoms with E-state index in [4.69, 9.17) is 0 Å². The van der Waals surface area contributed by atoms with Crippen LogP contribution < -0.4 is 0 Å². The average molecular weight is 603 g/mol. The monoisotopic (exact) mass is 603 g/mol. The summed E-state index contributed by atoms with van der Waals surface area (Å²) in [5.74, 6) is -2.14. The predicted octanol–water partition coefficient (Wildman–Crippen LogP) is 6.83. The van der Waals surface area contributed by atoms with Crippen LogP contribution in [0.15, 0.2) is 60.7 Å². The number of benzene rings is 3. The molecule has 7 heteroatoms. The molecule has 1 aliphatic rings. The Labute approximate surface area is 188 Å². The second-order valence-electron chi connectivity index (χ2n) is 7.50. The van der Waals surface area contributed by atoms with Crippen LogP contribution >= 0.6 is 0 Å². The fourth-order valence-corrected chi connectivity index (χ4v) is 4.22. The largest absolute Gasteiger partial charge is 0.400 e. The van der Waals surface area contributed by atoms with Crippen LogP contribution in [0.4, 0.5) is 22.0 Å². The molecule has 4 aromatic rings. The molecule has 0 spiro atoms. The maximum Gasteiger partial charge on any atom is 0.400 e. The number of nitrogens with zero attached hydrogens (tertiary/aromatic N) is 1. The zero-order valence-electron chi connectivity index (χ0n) is 15.9. The van der Waals surface area contributed by atoms with Crippen LogP contribution in [0, 0.1) is 17.7 Å². The number of hydrogen-bond donors (Lipinski definition) is 0. The molecule has 0 fully saturated rings. The molecule has 1 unspecified atom stereocenters. The van der Waals surface area contributed by atoms with Crippen LogP contribution in [-0.4, -0.2) is 11.2 Å². The number of rotatable bonds is 1. The van der Waals surface area contributed by atoms with Gasteiger partial charge >= 0.3 is 6.18 Å². The number of fused-ring (bicyclic) bond motifs is 4. The fraction of sp³-hybridized carbons (Fsp3) is 0.125. The third kappa shape index (κ3) is 3.10. The van der Waals surface area contributed by atoms with Gasteiger partial charge in [0.15, 0.2) is 0 Å². The zero-order chi connectivity index (χ0) is 21.3. The Morgan fingerprint density at radius 3 is 2.42 bits per heavy atom.